The van der Waals surface area contributed by atoms with E-state index in [4.69, 9.17) is 15.2 Å². The fraction of sp³-hybridized carbons (Fsp3) is 0.667. The largest absolute Gasteiger partial charge is 0.481 e. The van der Waals surface area contributed by atoms with Crippen molar-refractivity contribution in [1.82, 2.24) is 19.5 Å². The Kier molecular flexibility index (Phi) is 7.78. The van der Waals surface area contributed by atoms with Crippen LogP contribution in [0, 0.1) is 0 Å². The summed E-state index contributed by atoms with van der Waals surface area (Å²) >= 11 is 0. The average molecular weight is 559 g/mol. The lowest BCUT2D eigenvalue weighted by Crippen LogP contribution is -2.34. The van der Waals surface area contributed by atoms with Gasteiger partial charge in [0.05, 0.1) is 19.5 Å². The number of rotatable bonds is 9. The minimum absolute atomic E-state index is 0.0575. The quantitative estimate of drug-likeness (QED) is 0.140. The molecule has 0 aromatic carbocycles. The van der Waals surface area contributed by atoms with Crippen LogP contribution >= 0.6 is 15.6 Å². The van der Waals surface area contributed by atoms with E-state index >= 15 is 0 Å². The molecule has 4 unspecified atom stereocenters. The number of phosphoric ester groups is 2. The van der Waals surface area contributed by atoms with Gasteiger partial charge in [-0.25, -0.2) is 24.1 Å². The van der Waals surface area contributed by atoms with E-state index < -0.39 is 78.0 Å². The molecule has 0 aliphatic carbocycles. The van der Waals surface area contributed by atoms with Crippen LogP contribution in [0.15, 0.2) is 12.7 Å². The van der Waals surface area contributed by atoms with Crippen LogP contribution in [-0.2, 0) is 32.0 Å². The number of aromatic nitrogens is 4. The molecule has 19 nitrogen and oxygen atoms in total. The van der Waals surface area contributed by atoms with Gasteiger partial charge in [-0.2, -0.15) is 4.31 Å². The van der Waals surface area contributed by atoms with Gasteiger partial charge in [0.25, 0.3) is 0 Å². The Morgan fingerprint density at radius 2 is 1.47 bits per heavy atom. The monoisotopic (exact) mass is 559 g/mol. The van der Waals surface area contributed by atoms with Crippen molar-refractivity contribution < 1.29 is 67.3 Å². The molecule has 0 spiro atoms. The number of hydrogen-bond acceptors (Lipinski definition) is 16. The van der Waals surface area contributed by atoms with E-state index in [-0.39, 0.29) is 17.0 Å². The maximum atomic E-state index is 12.2. The fourth-order valence-corrected chi connectivity index (χ4v) is 5.62. The van der Waals surface area contributed by atoms with Crippen LogP contribution in [-0.4, -0.2) is 111 Å². The first-order valence-electron chi connectivity index (χ1n) is 10.1. The summed E-state index contributed by atoms with van der Waals surface area (Å²) in [5.74, 6) is 0.0575. The molecule has 36 heavy (non-hydrogen) atoms. The second kappa shape index (κ2) is 10.2. The van der Waals surface area contributed by atoms with Gasteiger partial charge in [0, 0.05) is 0 Å². The lowest BCUT2D eigenvalue weighted by Gasteiger charge is -2.20. The highest BCUT2D eigenvalue weighted by atomic mass is 31.3. The van der Waals surface area contributed by atoms with Crippen molar-refractivity contribution >= 4 is 32.6 Å². The van der Waals surface area contributed by atoms with Crippen molar-refractivity contribution in [3.05, 3.63) is 12.7 Å². The molecule has 21 heteroatoms. The second-order valence-electron chi connectivity index (χ2n) is 7.79. The molecule has 0 amide bonds. The van der Waals surface area contributed by atoms with E-state index in [1.165, 1.54) is 10.9 Å². The fourth-order valence-electron chi connectivity index (χ4n) is 3.53. The number of nitrogens with two attached hydrogens (primary N) is 1. The summed E-state index contributed by atoms with van der Waals surface area (Å²) in [4.78, 5) is 31.3. The Morgan fingerprint density at radius 3 is 2.06 bits per heavy atom. The zero-order valence-electron chi connectivity index (χ0n) is 17.9. The Hall–Kier alpha value is -1.67. The maximum Gasteiger partial charge on any atom is 0.481 e. The zero-order valence-corrected chi connectivity index (χ0v) is 19.7. The predicted octanol–water partition coefficient (Wildman–Crippen LogP) is -3.28. The molecule has 2 aliphatic rings. The van der Waals surface area contributed by atoms with Crippen molar-refractivity contribution in [2.75, 3.05) is 18.9 Å². The number of imidazole rings is 1. The van der Waals surface area contributed by atoms with Gasteiger partial charge in [-0.1, -0.05) is 0 Å². The van der Waals surface area contributed by atoms with Crippen molar-refractivity contribution in [1.29, 1.82) is 0 Å². The van der Waals surface area contributed by atoms with Gasteiger partial charge in [-0.05, 0) is 0 Å². The molecular formula is C15H23N5O14P2. The predicted molar refractivity (Wildman–Crippen MR) is 111 cm³/mol. The maximum absolute atomic E-state index is 12.2. The normalized spacial score (nSPS) is 36.2. The number of phosphoric acid groups is 2. The average Bonchev–Trinajstić information content (AvgIpc) is 3.42. The Bertz CT molecular complexity index is 1180. The molecule has 4 heterocycles. The van der Waals surface area contributed by atoms with Crippen LogP contribution in [0.25, 0.3) is 11.2 Å². The van der Waals surface area contributed by atoms with Gasteiger partial charge in [0.15, 0.2) is 24.0 Å². The number of aliphatic hydroxyl groups is 5. The van der Waals surface area contributed by atoms with Crippen LogP contribution in [0.3, 0.4) is 0 Å². The van der Waals surface area contributed by atoms with E-state index in [9.17, 15) is 44.4 Å². The molecule has 2 aromatic rings. The number of ether oxygens (including phenoxy) is 2. The van der Waals surface area contributed by atoms with Crippen LogP contribution in [0.4, 0.5) is 5.82 Å². The molecular weight excluding hydrogens is 536 g/mol. The third kappa shape index (κ3) is 5.59. The van der Waals surface area contributed by atoms with Gasteiger partial charge in [-0.15, -0.1) is 0 Å². The first-order chi connectivity index (χ1) is 16.8. The smallest absolute Gasteiger partial charge is 0.387 e. The number of fused-ring (bicyclic) bond motifs is 1. The van der Waals surface area contributed by atoms with E-state index in [1.807, 2.05) is 0 Å². The molecule has 0 radical (unpaired) electrons. The molecule has 0 bridgehead atoms. The lowest BCUT2D eigenvalue weighted by atomic mass is 10.1. The molecule has 0 saturated carbocycles. The van der Waals surface area contributed by atoms with Crippen LogP contribution < -0.4 is 5.73 Å². The Balaban J connectivity index is 1.34. The van der Waals surface area contributed by atoms with Gasteiger partial charge in [0.1, 0.15) is 48.5 Å². The third-order valence-electron chi connectivity index (χ3n) is 5.35. The Labute approximate surface area is 200 Å². The van der Waals surface area contributed by atoms with E-state index in [0.29, 0.717) is 0 Å². The summed E-state index contributed by atoms with van der Waals surface area (Å²) in [5, 5.41) is 49.0. The first-order valence-corrected chi connectivity index (χ1v) is 13.1. The molecule has 2 aliphatic heterocycles. The molecule has 2 saturated heterocycles. The van der Waals surface area contributed by atoms with Crippen LogP contribution in [0.5, 0.6) is 0 Å². The van der Waals surface area contributed by atoms with Crippen molar-refractivity contribution in [3.8, 4) is 0 Å². The minimum atomic E-state index is -5.31. The number of hydrogen-bond donors (Lipinski definition) is 8. The van der Waals surface area contributed by atoms with Gasteiger partial charge >= 0.3 is 15.6 Å². The SMILES string of the molecule is Nc1ncnc2c1ncn2[C@@H]1O[C@H](COP(=O)(O)OP(=O)(O)OCC2OC(O)[C@H](O)[C@@H]2O)[C@@H](O)[C@H]1O. The first kappa shape index (κ1) is 27.4. The number of nitrogen functional groups attached to an aromatic ring is 1. The van der Waals surface area contributed by atoms with Gasteiger partial charge in [0.2, 0.25) is 0 Å². The van der Waals surface area contributed by atoms with Crippen LogP contribution in [0.1, 0.15) is 6.23 Å². The zero-order chi connectivity index (χ0) is 26.4. The summed E-state index contributed by atoms with van der Waals surface area (Å²) in [7, 11) is -10.6. The highest BCUT2D eigenvalue weighted by Crippen LogP contribution is 2.60. The summed E-state index contributed by atoms with van der Waals surface area (Å²) < 4.78 is 48.8. The van der Waals surface area contributed by atoms with E-state index in [2.05, 4.69) is 28.3 Å². The number of aliphatic hydroxyl groups excluding tert-OH is 5. The molecule has 9 N–H and O–H groups in total. The molecule has 10 atom stereocenters. The van der Waals surface area contributed by atoms with Crippen molar-refractivity contribution in [3.63, 3.8) is 0 Å². The van der Waals surface area contributed by atoms with Crippen molar-refractivity contribution in [2.24, 2.45) is 0 Å². The topological polar surface area (TPSA) is 292 Å². The Morgan fingerprint density at radius 1 is 0.889 bits per heavy atom. The van der Waals surface area contributed by atoms with Gasteiger partial charge in [-0.3, -0.25) is 13.6 Å². The lowest BCUT2D eigenvalue weighted by molar-refractivity contribution is -0.132. The highest BCUT2D eigenvalue weighted by molar-refractivity contribution is 7.61. The summed E-state index contributed by atoms with van der Waals surface area (Å²) in [6, 6.07) is 0. The van der Waals surface area contributed by atoms with E-state index in [1.54, 1.807) is 0 Å². The van der Waals surface area contributed by atoms with Crippen LogP contribution in [0.2, 0.25) is 0 Å². The minimum Gasteiger partial charge on any atom is -0.387 e. The molecule has 202 valence electrons. The highest BCUT2D eigenvalue weighted by Gasteiger charge is 2.47. The molecule has 4 rings (SSSR count). The molecule has 2 aromatic heterocycles. The third-order valence-corrected chi connectivity index (χ3v) is 7.95. The number of nitrogens with zero attached hydrogens (tertiary/aromatic N) is 4. The second-order valence-corrected chi connectivity index (χ2v) is 10.8. The summed E-state index contributed by atoms with van der Waals surface area (Å²) in [6.07, 6.45) is -10.1. The summed E-state index contributed by atoms with van der Waals surface area (Å²) in [6.45, 7) is -1.79. The summed E-state index contributed by atoms with van der Waals surface area (Å²) in [5.41, 5.74) is 6.09. The van der Waals surface area contributed by atoms with E-state index in [0.717, 1.165) is 6.33 Å². The standard InChI is InChI=1S/C15H23N5O14P2/c16-12-7-13(18-3-17-12)20(4-19-7)14-10(23)8(21)5(32-14)1-30-35(26,27)34-36(28,29)31-2-6-9(22)11(24)15(25)33-6/h3-6,8-11,14-15,21-25H,1-2H2,(H,26,27)(H,28,29)(H2,16,17,18)/t5-,6?,8-,9-,10-,11-,14-,15?/m1/s1. The number of anilines is 1. The molecule has 2 fully saturated rings. The van der Waals surface area contributed by atoms with Crippen molar-refractivity contribution in [2.45, 2.75) is 49.1 Å². The van der Waals surface area contributed by atoms with Gasteiger partial charge < -0.3 is 50.5 Å².